The number of nitrogens with zero attached hydrogens (tertiary/aromatic N) is 1. The molecule has 0 atom stereocenters. The van der Waals surface area contributed by atoms with E-state index in [1.54, 1.807) is 7.11 Å². The predicted octanol–water partition coefficient (Wildman–Crippen LogP) is 1.81. The third-order valence-corrected chi connectivity index (χ3v) is 4.42. The van der Waals surface area contributed by atoms with Gasteiger partial charge in [-0.05, 0) is 44.5 Å². The van der Waals surface area contributed by atoms with E-state index in [2.05, 4.69) is 10.2 Å². The lowest BCUT2D eigenvalue weighted by molar-refractivity contribution is -0.125. The Morgan fingerprint density at radius 2 is 1.91 bits per heavy atom. The molecule has 1 saturated heterocycles. The van der Waals surface area contributed by atoms with E-state index in [0.29, 0.717) is 6.54 Å². The van der Waals surface area contributed by atoms with Crippen molar-refractivity contribution in [3.63, 3.8) is 0 Å². The molecule has 0 aromatic heterocycles. The van der Waals surface area contributed by atoms with E-state index in [-0.39, 0.29) is 5.91 Å². The van der Waals surface area contributed by atoms with Crippen molar-refractivity contribution in [2.24, 2.45) is 0 Å². The van der Waals surface area contributed by atoms with Gasteiger partial charge in [0.05, 0.1) is 25.7 Å². The van der Waals surface area contributed by atoms with Gasteiger partial charge in [-0.2, -0.15) is 0 Å². The van der Waals surface area contributed by atoms with Gasteiger partial charge in [-0.1, -0.05) is 12.1 Å². The van der Waals surface area contributed by atoms with Crippen LogP contribution in [0.4, 0.5) is 0 Å². The third-order valence-electron chi connectivity index (χ3n) is 4.42. The molecule has 1 amide bonds. The molecule has 5 heteroatoms. The number of carbonyl (C=O) groups excluding carboxylic acids is 1. The number of ether oxygens (including phenoxy) is 2. The van der Waals surface area contributed by atoms with E-state index in [0.717, 1.165) is 50.6 Å². The monoisotopic (exact) mass is 320 g/mol. The van der Waals surface area contributed by atoms with Crippen molar-refractivity contribution in [2.45, 2.75) is 25.7 Å². The Bertz CT molecular complexity index is 493. The van der Waals surface area contributed by atoms with Crippen molar-refractivity contribution < 1.29 is 14.3 Å². The molecule has 1 aliphatic heterocycles. The summed E-state index contributed by atoms with van der Waals surface area (Å²) in [4.78, 5) is 14.9. The molecule has 0 radical (unpaired) electrons. The van der Waals surface area contributed by atoms with Crippen molar-refractivity contribution in [3.05, 3.63) is 29.8 Å². The Morgan fingerprint density at radius 3 is 2.52 bits per heavy atom. The summed E-state index contributed by atoms with van der Waals surface area (Å²) in [6, 6.07) is 7.68. The highest BCUT2D eigenvalue weighted by atomic mass is 16.5. The average Bonchev–Trinajstić information content (AvgIpc) is 2.59. The topological polar surface area (TPSA) is 50.8 Å². The Morgan fingerprint density at radius 1 is 1.26 bits per heavy atom. The first-order valence-electron chi connectivity index (χ1n) is 8.27. The highest BCUT2D eigenvalue weighted by molar-refractivity contribution is 5.87. The summed E-state index contributed by atoms with van der Waals surface area (Å²) < 4.78 is 10.5. The van der Waals surface area contributed by atoms with Crippen LogP contribution < -0.4 is 10.1 Å². The first-order chi connectivity index (χ1) is 11.0. The van der Waals surface area contributed by atoms with Crippen LogP contribution in [0.25, 0.3) is 0 Å². The number of rotatable bonds is 7. The van der Waals surface area contributed by atoms with Crippen LogP contribution in [-0.4, -0.2) is 57.3 Å². The SMILES string of the molecule is COc1ccc(C(C)(C)C(=O)NCCCN2CCOCC2)cc1. The molecule has 5 nitrogen and oxygen atoms in total. The second kappa shape index (κ2) is 8.31. The summed E-state index contributed by atoms with van der Waals surface area (Å²) in [5, 5.41) is 3.06. The van der Waals surface area contributed by atoms with E-state index in [1.807, 2.05) is 38.1 Å². The molecular weight excluding hydrogens is 292 g/mol. The van der Waals surface area contributed by atoms with Gasteiger partial charge >= 0.3 is 0 Å². The van der Waals surface area contributed by atoms with Crippen LogP contribution in [-0.2, 0) is 14.9 Å². The maximum Gasteiger partial charge on any atom is 0.230 e. The number of benzene rings is 1. The summed E-state index contributed by atoms with van der Waals surface area (Å²) in [5.41, 5.74) is 0.439. The Kier molecular flexibility index (Phi) is 6.42. The molecular formula is C18H28N2O3. The van der Waals surface area contributed by atoms with Gasteiger partial charge in [0.1, 0.15) is 5.75 Å². The van der Waals surface area contributed by atoms with Gasteiger partial charge in [0.25, 0.3) is 0 Å². The van der Waals surface area contributed by atoms with Gasteiger partial charge < -0.3 is 14.8 Å². The highest BCUT2D eigenvalue weighted by Crippen LogP contribution is 2.25. The molecule has 0 bridgehead atoms. The smallest absolute Gasteiger partial charge is 0.230 e. The van der Waals surface area contributed by atoms with Crippen molar-refractivity contribution >= 4 is 5.91 Å². The minimum atomic E-state index is -0.550. The molecule has 0 spiro atoms. The summed E-state index contributed by atoms with van der Waals surface area (Å²) >= 11 is 0. The predicted molar refractivity (Wildman–Crippen MR) is 90.9 cm³/mol. The molecule has 1 heterocycles. The zero-order chi connectivity index (χ0) is 16.7. The van der Waals surface area contributed by atoms with Gasteiger partial charge in [0.15, 0.2) is 0 Å². The average molecular weight is 320 g/mol. The maximum absolute atomic E-state index is 12.5. The molecule has 0 unspecified atom stereocenters. The Hall–Kier alpha value is -1.59. The lowest BCUT2D eigenvalue weighted by Gasteiger charge is -2.27. The van der Waals surface area contributed by atoms with Crippen LogP contribution >= 0.6 is 0 Å². The molecule has 2 rings (SSSR count). The largest absolute Gasteiger partial charge is 0.497 e. The molecule has 1 aromatic carbocycles. The normalized spacial score (nSPS) is 16.1. The standard InChI is InChI=1S/C18H28N2O3/c1-18(2,15-5-7-16(22-3)8-6-15)17(21)19-9-4-10-20-11-13-23-14-12-20/h5-8H,4,9-14H2,1-3H3,(H,19,21). The lowest BCUT2D eigenvalue weighted by Crippen LogP contribution is -2.42. The minimum Gasteiger partial charge on any atom is -0.497 e. The van der Waals surface area contributed by atoms with Gasteiger partial charge in [-0.3, -0.25) is 9.69 Å². The highest BCUT2D eigenvalue weighted by Gasteiger charge is 2.29. The fourth-order valence-corrected chi connectivity index (χ4v) is 2.69. The van der Waals surface area contributed by atoms with Crippen molar-refractivity contribution in [1.82, 2.24) is 10.2 Å². The third kappa shape index (κ3) is 4.94. The minimum absolute atomic E-state index is 0.0599. The zero-order valence-electron chi connectivity index (χ0n) is 14.4. The molecule has 128 valence electrons. The molecule has 1 aromatic rings. The van der Waals surface area contributed by atoms with E-state index < -0.39 is 5.41 Å². The Balaban J connectivity index is 1.78. The van der Waals surface area contributed by atoms with Gasteiger partial charge in [-0.25, -0.2) is 0 Å². The van der Waals surface area contributed by atoms with E-state index >= 15 is 0 Å². The summed E-state index contributed by atoms with van der Waals surface area (Å²) in [6.07, 6.45) is 0.963. The second-order valence-electron chi connectivity index (χ2n) is 6.42. The zero-order valence-corrected chi connectivity index (χ0v) is 14.4. The van der Waals surface area contributed by atoms with Crippen molar-refractivity contribution in [2.75, 3.05) is 46.5 Å². The number of carbonyl (C=O) groups is 1. The van der Waals surface area contributed by atoms with Gasteiger partial charge in [0, 0.05) is 19.6 Å². The van der Waals surface area contributed by atoms with E-state index in [1.165, 1.54) is 0 Å². The maximum atomic E-state index is 12.5. The summed E-state index contributed by atoms with van der Waals surface area (Å²) in [7, 11) is 1.64. The molecule has 1 fully saturated rings. The first-order valence-corrected chi connectivity index (χ1v) is 8.27. The van der Waals surface area contributed by atoms with Crippen LogP contribution in [0.1, 0.15) is 25.8 Å². The number of hydrogen-bond acceptors (Lipinski definition) is 4. The molecule has 23 heavy (non-hydrogen) atoms. The van der Waals surface area contributed by atoms with Crippen molar-refractivity contribution in [3.8, 4) is 5.75 Å². The Labute approximate surface area is 139 Å². The lowest BCUT2D eigenvalue weighted by atomic mass is 9.83. The van der Waals surface area contributed by atoms with E-state index in [4.69, 9.17) is 9.47 Å². The van der Waals surface area contributed by atoms with Crippen LogP contribution in [0, 0.1) is 0 Å². The van der Waals surface area contributed by atoms with Crippen LogP contribution in [0.5, 0.6) is 5.75 Å². The molecule has 1 N–H and O–H groups in total. The number of nitrogens with one attached hydrogen (secondary N) is 1. The number of amides is 1. The fraction of sp³-hybridized carbons (Fsp3) is 0.611. The van der Waals surface area contributed by atoms with Crippen LogP contribution in [0.3, 0.4) is 0 Å². The van der Waals surface area contributed by atoms with Crippen LogP contribution in [0.2, 0.25) is 0 Å². The molecule has 1 aliphatic rings. The first kappa shape index (κ1) is 17.8. The van der Waals surface area contributed by atoms with Crippen molar-refractivity contribution in [1.29, 1.82) is 0 Å². The molecule has 0 aliphatic carbocycles. The second-order valence-corrected chi connectivity index (χ2v) is 6.42. The molecule has 0 saturated carbocycles. The summed E-state index contributed by atoms with van der Waals surface area (Å²) in [6.45, 7) is 9.23. The quantitative estimate of drug-likeness (QED) is 0.779. The number of morpholine rings is 1. The van der Waals surface area contributed by atoms with Gasteiger partial charge in [0.2, 0.25) is 5.91 Å². The van der Waals surface area contributed by atoms with E-state index in [9.17, 15) is 4.79 Å². The summed E-state index contributed by atoms with van der Waals surface area (Å²) in [5.74, 6) is 0.861. The number of methoxy groups -OCH3 is 1. The van der Waals surface area contributed by atoms with Gasteiger partial charge in [-0.15, -0.1) is 0 Å². The fourth-order valence-electron chi connectivity index (χ4n) is 2.69. The van der Waals surface area contributed by atoms with Crippen LogP contribution in [0.15, 0.2) is 24.3 Å². The number of hydrogen-bond donors (Lipinski definition) is 1.